The molecule has 0 bridgehead atoms. The Balaban J connectivity index is 1.44. The lowest BCUT2D eigenvalue weighted by atomic mass is 10.1. The van der Waals surface area contributed by atoms with Crippen LogP contribution in [0, 0.1) is 0 Å². The van der Waals surface area contributed by atoms with Crippen LogP contribution in [0.4, 0.5) is 5.69 Å². The largest absolute Gasteiger partial charge is 0.484 e. The highest BCUT2D eigenvalue weighted by Gasteiger charge is 2.08. The first-order valence-electron chi connectivity index (χ1n) is 9.21. The molecular formula is C23H21ClN2O3. The molecule has 0 aliphatic heterocycles. The minimum absolute atomic E-state index is 0.149. The van der Waals surface area contributed by atoms with Crippen molar-refractivity contribution in [3.05, 3.63) is 95.0 Å². The Kier molecular flexibility index (Phi) is 7.25. The van der Waals surface area contributed by atoms with E-state index in [1.165, 1.54) is 5.56 Å². The first kappa shape index (κ1) is 20.4. The van der Waals surface area contributed by atoms with Crippen LogP contribution >= 0.6 is 11.6 Å². The van der Waals surface area contributed by atoms with Crippen molar-refractivity contribution in [2.24, 2.45) is 0 Å². The zero-order chi connectivity index (χ0) is 20.5. The number of rotatable bonds is 8. The summed E-state index contributed by atoms with van der Waals surface area (Å²) in [7, 11) is 0. The smallest absolute Gasteiger partial charge is 0.262 e. The molecule has 2 amide bonds. The lowest BCUT2D eigenvalue weighted by molar-refractivity contribution is -0.118. The van der Waals surface area contributed by atoms with Crippen LogP contribution in [-0.4, -0.2) is 25.0 Å². The fraction of sp³-hybridized carbons (Fsp3) is 0.130. The maximum atomic E-state index is 12.2. The van der Waals surface area contributed by atoms with E-state index in [1.807, 2.05) is 30.3 Å². The Morgan fingerprint density at radius 2 is 1.55 bits per heavy atom. The van der Waals surface area contributed by atoms with Crippen LogP contribution < -0.4 is 15.4 Å². The van der Waals surface area contributed by atoms with Gasteiger partial charge in [-0.25, -0.2) is 0 Å². The third-order valence-electron chi connectivity index (χ3n) is 4.18. The van der Waals surface area contributed by atoms with Crippen molar-refractivity contribution in [1.29, 1.82) is 0 Å². The van der Waals surface area contributed by atoms with Crippen molar-refractivity contribution in [3.63, 3.8) is 0 Å². The Hall–Kier alpha value is -3.31. The van der Waals surface area contributed by atoms with Gasteiger partial charge in [0.2, 0.25) is 0 Å². The van der Waals surface area contributed by atoms with Gasteiger partial charge in [0.05, 0.1) is 10.7 Å². The number of anilines is 1. The minimum Gasteiger partial charge on any atom is -0.484 e. The number of benzene rings is 3. The fourth-order valence-electron chi connectivity index (χ4n) is 2.67. The van der Waals surface area contributed by atoms with E-state index in [1.54, 1.807) is 48.5 Å². The second kappa shape index (κ2) is 10.3. The molecule has 6 heteroatoms. The monoisotopic (exact) mass is 408 g/mol. The van der Waals surface area contributed by atoms with Gasteiger partial charge in [0, 0.05) is 12.1 Å². The molecule has 0 spiro atoms. The first-order chi connectivity index (χ1) is 14.1. The van der Waals surface area contributed by atoms with Gasteiger partial charge in [0.15, 0.2) is 6.61 Å². The van der Waals surface area contributed by atoms with E-state index in [0.29, 0.717) is 28.6 Å². The molecule has 29 heavy (non-hydrogen) atoms. The third kappa shape index (κ3) is 6.36. The molecular weight excluding hydrogens is 388 g/mol. The van der Waals surface area contributed by atoms with E-state index in [4.69, 9.17) is 16.3 Å². The Morgan fingerprint density at radius 1 is 0.862 bits per heavy atom. The van der Waals surface area contributed by atoms with Gasteiger partial charge in [-0.15, -0.1) is 0 Å². The first-order valence-corrected chi connectivity index (χ1v) is 9.59. The number of nitrogens with one attached hydrogen (secondary N) is 2. The number of carbonyl (C=O) groups is 2. The molecule has 0 radical (unpaired) electrons. The SMILES string of the molecule is O=C(COc1ccc(C(=O)NCCc2ccccc2)cc1)Nc1ccccc1Cl. The van der Waals surface area contributed by atoms with Gasteiger partial charge in [0.25, 0.3) is 11.8 Å². The molecule has 0 atom stereocenters. The minimum atomic E-state index is -0.319. The normalized spacial score (nSPS) is 10.2. The fourth-order valence-corrected chi connectivity index (χ4v) is 2.85. The quantitative estimate of drug-likeness (QED) is 0.583. The molecule has 0 aliphatic carbocycles. The number of halogens is 1. The molecule has 0 fully saturated rings. The molecule has 0 heterocycles. The van der Waals surface area contributed by atoms with Crippen molar-refractivity contribution in [3.8, 4) is 5.75 Å². The van der Waals surface area contributed by atoms with Gasteiger partial charge in [0.1, 0.15) is 5.75 Å². The van der Waals surface area contributed by atoms with E-state index < -0.39 is 0 Å². The molecule has 0 saturated carbocycles. The maximum absolute atomic E-state index is 12.2. The van der Waals surface area contributed by atoms with Gasteiger partial charge in [-0.1, -0.05) is 54.1 Å². The van der Waals surface area contributed by atoms with Crippen LogP contribution in [0.1, 0.15) is 15.9 Å². The lowest BCUT2D eigenvalue weighted by Gasteiger charge is -2.09. The molecule has 2 N–H and O–H groups in total. The van der Waals surface area contributed by atoms with Crippen molar-refractivity contribution in [1.82, 2.24) is 5.32 Å². The van der Waals surface area contributed by atoms with Crippen LogP contribution in [0.3, 0.4) is 0 Å². The summed E-state index contributed by atoms with van der Waals surface area (Å²) in [5.74, 6) is 0.0323. The second-order valence-corrected chi connectivity index (χ2v) is 6.74. The van der Waals surface area contributed by atoms with Gasteiger partial charge in [-0.05, 0) is 48.4 Å². The van der Waals surface area contributed by atoms with E-state index in [0.717, 1.165) is 6.42 Å². The standard InChI is InChI=1S/C23H21ClN2O3/c24-20-8-4-5-9-21(20)26-22(27)16-29-19-12-10-18(11-13-19)23(28)25-15-14-17-6-2-1-3-7-17/h1-13H,14-16H2,(H,25,28)(H,26,27). The summed E-state index contributed by atoms with van der Waals surface area (Å²) < 4.78 is 5.47. The average Bonchev–Trinajstić information content (AvgIpc) is 2.75. The summed E-state index contributed by atoms with van der Waals surface area (Å²) in [6.07, 6.45) is 0.772. The van der Waals surface area contributed by atoms with Crippen molar-refractivity contribution in [2.45, 2.75) is 6.42 Å². The summed E-state index contributed by atoms with van der Waals surface area (Å²) in [5.41, 5.74) is 2.24. The van der Waals surface area contributed by atoms with Gasteiger partial charge >= 0.3 is 0 Å². The van der Waals surface area contributed by atoms with Crippen molar-refractivity contribution in [2.75, 3.05) is 18.5 Å². The van der Waals surface area contributed by atoms with Gasteiger partial charge in [-0.3, -0.25) is 9.59 Å². The van der Waals surface area contributed by atoms with Gasteiger partial charge < -0.3 is 15.4 Å². The number of para-hydroxylation sites is 1. The zero-order valence-corrected chi connectivity index (χ0v) is 16.5. The van der Waals surface area contributed by atoms with Crippen LogP contribution in [0.15, 0.2) is 78.9 Å². The van der Waals surface area contributed by atoms with Gasteiger partial charge in [-0.2, -0.15) is 0 Å². The number of hydrogen-bond acceptors (Lipinski definition) is 3. The third-order valence-corrected chi connectivity index (χ3v) is 4.51. The van der Waals surface area contributed by atoms with Crippen molar-refractivity contribution < 1.29 is 14.3 Å². The Labute approximate surface area is 174 Å². The molecule has 148 valence electrons. The summed E-state index contributed by atoms with van der Waals surface area (Å²) in [6, 6.07) is 23.6. The molecule has 0 unspecified atom stereocenters. The average molecular weight is 409 g/mol. The number of carbonyl (C=O) groups excluding carboxylic acids is 2. The predicted octanol–water partition coefficient (Wildman–Crippen LogP) is 4.33. The molecule has 3 aromatic rings. The molecule has 3 rings (SSSR count). The van der Waals surface area contributed by atoms with Crippen LogP contribution in [0.5, 0.6) is 5.75 Å². The highest BCUT2D eigenvalue weighted by molar-refractivity contribution is 6.33. The molecule has 5 nitrogen and oxygen atoms in total. The maximum Gasteiger partial charge on any atom is 0.262 e. The number of ether oxygens (including phenoxy) is 1. The van der Waals surface area contributed by atoms with Crippen LogP contribution in [-0.2, 0) is 11.2 Å². The number of hydrogen-bond donors (Lipinski definition) is 2. The van der Waals surface area contributed by atoms with E-state index in [-0.39, 0.29) is 18.4 Å². The molecule has 0 aliphatic rings. The summed E-state index contributed by atoms with van der Waals surface area (Å²) in [6.45, 7) is 0.400. The topological polar surface area (TPSA) is 67.4 Å². The summed E-state index contributed by atoms with van der Waals surface area (Å²) in [4.78, 5) is 24.2. The highest BCUT2D eigenvalue weighted by Crippen LogP contribution is 2.20. The molecule has 0 saturated heterocycles. The summed E-state index contributed by atoms with van der Waals surface area (Å²) >= 11 is 6.01. The summed E-state index contributed by atoms with van der Waals surface area (Å²) in [5, 5.41) is 6.04. The van der Waals surface area contributed by atoms with E-state index >= 15 is 0 Å². The van der Waals surface area contributed by atoms with E-state index in [2.05, 4.69) is 10.6 Å². The van der Waals surface area contributed by atoms with E-state index in [9.17, 15) is 9.59 Å². The predicted molar refractivity (Wildman–Crippen MR) is 114 cm³/mol. The second-order valence-electron chi connectivity index (χ2n) is 6.33. The highest BCUT2D eigenvalue weighted by atomic mass is 35.5. The molecule has 3 aromatic carbocycles. The number of amides is 2. The Morgan fingerprint density at radius 3 is 2.28 bits per heavy atom. The van der Waals surface area contributed by atoms with Crippen LogP contribution in [0.2, 0.25) is 5.02 Å². The molecule has 0 aromatic heterocycles. The van der Waals surface area contributed by atoms with Crippen LogP contribution in [0.25, 0.3) is 0 Å². The zero-order valence-electron chi connectivity index (χ0n) is 15.7. The van der Waals surface area contributed by atoms with Crippen molar-refractivity contribution >= 4 is 29.1 Å². The lowest BCUT2D eigenvalue weighted by Crippen LogP contribution is -2.25. The Bertz CT molecular complexity index is 959.